The summed E-state index contributed by atoms with van der Waals surface area (Å²) in [7, 11) is 0. The molecule has 0 amide bonds. The number of unbranched alkanes of at least 4 members (excludes halogenated alkanes) is 12. The van der Waals surface area contributed by atoms with E-state index in [4.69, 9.17) is 0 Å². The number of allylic oxidation sites excluding steroid dienone is 2. The van der Waals surface area contributed by atoms with Crippen molar-refractivity contribution in [1.29, 1.82) is 0 Å². The second kappa shape index (κ2) is 21.1. The second-order valence-corrected chi connectivity index (χ2v) is 10.4. The molecule has 0 saturated heterocycles. The van der Waals surface area contributed by atoms with Crippen LogP contribution in [0, 0.1) is 0 Å². The van der Waals surface area contributed by atoms with Crippen molar-refractivity contribution in [3.05, 3.63) is 12.2 Å². The van der Waals surface area contributed by atoms with E-state index in [2.05, 4.69) is 19.1 Å². The normalized spacial score (nSPS) is 15.8. The van der Waals surface area contributed by atoms with Gasteiger partial charge in [0, 0.05) is 19.3 Å². The highest BCUT2D eigenvalue weighted by Gasteiger charge is 2.55. The zero-order valence-corrected chi connectivity index (χ0v) is 24.1. The third-order valence-electron chi connectivity index (χ3n) is 7.81. The summed E-state index contributed by atoms with van der Waals surface area (Å²) in [4.78, 5) is 36.7. The van der Waals surface area contributed by atoms with E-state index in [1.807, 2.05) is 0 Å². The van der Waals surface area contributed by atoms with Gasteiger partial charge in [-0.25, -0.2) is 14.4 Å². The van der Waals surface area contributed by atoms with Crippen LogP contribution in [0.4, 0.5) is 0 Å². The maximum absolute atomic E-state index is 12.2. The van der Waals surface area contributed by atoms with Crippen molar-refractivity contribution >= 4 is 17.9 Å². The number of aliphatic carboxylic acids is 3. The van der Waals surface area contributed by atoms with Crippen LogP contribution in [0.3, 0.4) is 0 Å². The van der Waals surface area contributed by atoms with Crippen LogP contribution in [0.25, 0.3) is 0 Å². The SMILES string of the molecule is CCCCCCC/C=C/CCCCCCCCC[N+](C(CC)C(=O)O)(C(CC)C(=O)O)C(CC)C(=O)O. The lowest BCUT2D eigenvalue weighted by atomic mass is 9.93. The molecule has 0 aliphatic heterocycles. The maximum atomic E-state index is 12.2. The largest absolute Gasteiger partial charge is 0.477 e. The third kappa shape index (κ3) is 12.5. The molecule has 0 bridgehead atoms. The molecule has 3 atom stereocenters. The Morgan fingerprint density at radius 2 is 0.865 bits per heavy atom. The summed E-state index contributed by atoms with van der Waals surface area (Å²) in [6.07, 6.45) is 21.2. The Kier molecular flexibility index (Phi) is 20.0. The number of nitrogens with zero attached hydrogens (tertiary/aromatic N) is 1. The predicted octanol–water partition coefficient (Wildman–Crippen LogP) is 7.43. The van der Waals surface area contributed by atoms with Crippen molar-refractivity contribution in [2.24, 2.45) is 0 Å². The molecule has 0 spiro atoms. The van der Waals surface area contributed by atoms with Gasteiger partial charge in [0.15, 0.2) is 18.1 Å². The lowest BCUT2D eigenvalue weighted by molar-refractivity contribution is -0.973. The molecule has 37 heavy (non-hydrogen) atoms. The number of rotatable bonds is 25. The summed E-state index contributed by atoms with van der Waals surface area (Å²) in [5, 5.41) is 30.0. The minimum atomic E-state index is -1.12. The third-order valence-corrected chi connectivity index (χ3v) is 7.81. The van der Waals surface area contributed by atoms with Gasteiger partial charge < -0.3 is 15.3 Å². The lowest BCUT2D eigenvalue weighted by Crippen LogP contribution is -2.72. The molecule has 216 valence electrons. The average Bonchev–Trinajstić information content (AvgIpc) is 2.84. The minimum Gasteiger partial charge on any atom is -0.477 e. The quantitative estimate of drug-likeness (QED) is 0.0648. The van der Waals surface area contributed by atoms with Crippen molar-refractivity contribution < 1.29 is 34.2 Å². The molecule has 7 heteroatoms. The van der Waals surface area contributed by atoms with E-state index in [-0.39, 0.29) is 25.8 Å². The number of hydrogen-bond donors (Lipinski definition) is 3. The molecular formula is C30H56NO6+. The molecule has 0 aliphatic carbocycles. The number of quaternary nitrogens is 1. The summed E-state index contributed by atoms with van der Waals surface area (Å²) < 4.78 is -0.408. The van der Waals surface area contributed by atoms with Gasteiger partial charge in [0.05, 0.1) is 6.54 Å². The fourth-order valence-electron chi connectivity index (χ4n) is 5.91. The molecule has 7 nitrogen and oxygen atoms in total. The number of carbonyl (C=O) groups is 3. The van der Waals surface area contributed by atoms with E-state index in [1.165, 1.54) is 51.4 Å². The van der Waals surface area contributed by atoms with Crippen LogP contribution in [0.15, 0.2) is 12.2 Å². The van der Waals surface area contributed by atoms with Crippen LogP contribution in [0.1, 0.15) is 137 Å². The molecule has 0 fully saturated rings. The molecule has 0 aromatic heterocycles. The van der Waals surface area contributed by atoms with E-state index in [1.54, 1.807) is 20.8 Å². The van der Waals surface area contributed by atoms with E-state index in [0.29, 0.717) is 6.42 Å². The maximum Gasteiger partial charge on any atom is 0.362 e. The molecule has 0 rings (SSSR count). The molecule has 0 aromatic rings. The summed E-state index contributed by atoms with van der Waals surface area (Å²) >= 11 is 0. The highest BCUT2D eigenvalue weighted by molar-refractivity contribution is 5.78. The van der Waals surface area contributed by atoms with E-state index in [0.717, 1.165) is 32.1 Å². The lowest BCUT2D eigenvalue weighted by Gasteiger charge is -2.49. The number of carboxylic acids is 3. The highest BCUT2D eigenvalue weighted by Crippen LogP contribution is 2.32. The zero-order valence-electron chi connectivity index (χ0n) is 24.1. The molecule has 0 radical (unpaired) electrons. The van der Waals surface area contributed by atoms with Crippen LogP contribution in [-0.4, -0.2) is 62.4 Å². The van der Waals surface area contributed by atoms with Gasteiger partial charge in [-0.1, -0.05) is 91.2 Å². The van der Waals surface area contributed by atoms with Crippen molar-refractivity contribution in [2.45, 2.75) is 155 Å². The van der Waals surface area contributed by atoms with Gasteiger partial charge >= 0.3 is 17.9 Å². The Bertz CT molecular complexity index is 607. The van der Waals surface area contributed by atoms with Crippen LogP contribution in [0.2, 0.25) is 0 Å². The van der Waals surface area contributed by atoms with Gasteiger partial charge in [-0.05, 0) is 38.5 Å². The van der Waals surface area contributed by atoms with Crippen LogP contribution in [-0.2, 0) is 14.4 Å². The molecular weight excluding hydrogens is 470 g/mol. The molecule has 3 N–H and O–H groups in total. The smallest absolute Gasteiger partial charge is 0.362 e. The van der Waals surface area contributed by atoms with Gasteiger partial charge in [-0.2, -0.15) is 0 Å². The van der Waals surface area contributed by atoms with Crippen molar-refractivity contribution in [1.82, 2.24) is 0 Å². The minimum absolute atomic E-state index is 0.191. The van der Waals surface area contributed by atoms with Gasteiger partial charge in [0.25, 0.3) is 0 Å². The van der Waals surface area contributed by atoms with Gasteiger partial charge in [-0.15, -0.1) is 0 Å². The Morgan fingerprint density at radius 1 is 0.541 bits per heavy atom. The predicted molar refractivity (Wildman–Crippen MR) is 150 cm³/mol. The first-order valence-corrected chi connectivity index (χ1v) is 14.9. The standard InChI is InChI=1S/C30H55NO6/c1-5-9-10-11-12-13-14-15-16-17-18-19-20-21-22-23-24-31(25(6-2)28(32)33,26(7-3)29(34)35)27(8-4)30(36)37/h14-15,25-27H,5-13,16-24H2,1-4H3,(H2-,32,33,34,35,36,37)/p+1/b15-14+. The average molecular weight is 527 g/mol. The van der Waals surface area contributed by atoms with E-state index < -0.39 is 40.5 Å². The Morgan fingerprint density at radius 3 is 1.19 bits per heavy atom. The number of hydrogen-bond acceptors (Lipinski definition) is 3. The summed E-state index contributed by atoms with van der Waals surface area (Å²) in [5.41, 5.74) is 0. The topological polar surface area (TPSA) is 112 Å². The van der Waals surface area contributed by atoms with Crippen molar-refractivity contribution in [2.75, 3.05) is 6.54 Å². The molecule has 0 aliphatic rings. The monoisotopic (exact) mass is 526 g/mol. The zero-order chi connectivity index (χ0) is 28.1. The summed E-state index contributed by atoms with van der Waals surface area (Å²) in [6, 6.07) is -3.19. The van der Waals surface area contributed by atoms with E-state index >= 15 is 0 Å². The molecule has 0 aromatic carbocycles. The second-order valence-electron chi connectivity index (χ2n) is 10.4. The first-order valence-electron chi connectivity index (χ1n) is 14.9. The number of carboxylic acid groups (broad SMARTS) is 3. The van der Waals surface area contributed by atoms with E-state index in [9.17, 15) is 29.7 Å². The Hall–Kier alpha value is -1.89. The van der Waals surface area contributed by atoms with Crippen molar-refractivity contribution in [3.63, 3.8) is 0 Å². The summed E-state index contributed by atoms with van der Waals surface area (Å²) in [6.45, 7) is 7.61. The first kappa shape index (κ1) is 35.1. The molecule has 0 heterocycles. The Labute approximate surface area is 225 Å². The van der Waals surface area contributed by atoms with Gasteiger partial charge in [-0.3, -0.25) is 4.48 Å². The fourth-order valence-corrected chi connectivity index (χ4v) is 5.91. The highest BCUT2D eigenvalue weighted by atomic mass is 16.4. The van der Waals surface area contributed by atoms with Crippen LogP contribution >= 0.6 is 0 Å². The van der Waals surface area contributed by atoms with Crippen LogP contribution in [0.5, 0.6) is 0 Å². The molecule has 0 saturated carbocycles. The van der Waals surface area contributed by atoms with Crippen LogP contribution < -0.4 is 0 Å². The fraction of sp³-hybridized carbons (Fsp3) is 0.833. The van der Waals surface area contributed by atoms with Crippen molar-refractivity contribution in [3.8, 4) is 0 Å². The van der Waals surface area contributed by atoms with Gasteiger partial charge in [0.1, 0.15) is 0 Å². The summed E-state index contributed by atoms with van der Waals surface area (Å²) in [5.74, 6) is -3.35. The first-order chi connectivity index (χ1) is 17.7. The van der Waals surface area contributed by atoms with Gasteiger partial charge in [0.2, 0.25) is 0 Å². The Balaban J connectivity index is 4.78. The molecule has 3 unspecified atom stereocenters.